The molecule has 0 aromatic carbocycles. The van der Waals surface area contributed by atoms with E-state index in [0.29, 0.717) is 0 Å². The lowest BCUT2D eigenvalue weighted by atomic mass is 10.6. The quantitative estimate of drug-likeness (QED) is 0.389. The summed E-state index contributed by atoms with van der Waals surface area (Å²) in [5.74, 6) is 0. The van der Waals surface area contributed by atoms with Crippen molar-refractivity contribution < 1.29 is 0 Å². The van der Waals surface area contributed by atoms with Crippen molar-refractivity contribution in [3.05, 3.63) is 0 Å². The Labute approximate surface area is 35.1 Å². The zero-order chi connectivity index (χ0) is 3.86. The zero-order valence-corrected chi connectivity index (χ0v) is 4.38. The van der Waals surface area contributed by atoms with Crippen LogP contribution < -0.4 is 0 Å². The molecule has 0 spiro atoms. The molecule has 1 heterocycles. The van der Waals surface area contributed by atoms with Crippen LogP contribution >= 0.6 is 10.5 Å². The van der Waals surface area contributed by atoms with E-state index in [4.69, 9.17) is 0 Å². The summed E-state index contributed by atoms with van der Waals surface area (Å²) in [5.41, 5.74) is 0. The molecule has 1 rings (SSSR count). The highest BCUT2D eigenvalue weighted by molar-refractivity contribution is 8.23. The number of hydrogen-bond donors (Lipinski definition) is 0. The van der Waals surface area contributed by atoms with Gasteiger partial charge >= 0.3 is 0 Å². The van der Waals surface area contributed by atoms with Gasteiger partial charge in [-0.25, -0.2) is 0 Å². The summed E-state index contributed by atoms with van der Waals surface area (Å²) < 4.78 is 0. The molecular formula is C4H8S. The zero-order valence-electron chi connectivity index (χ0n) is 3.56. The molecule has 0 N–H and O–H groups in total. The van der Waals surface area contributed by atoms with Crippen LogP contribution in [0.2, 0.25) is 0 Å². The molecule has 0 amide bonds. The predicted molar refractivity (Wildman–Crippen MR) is 29.0 cm³/mol. The molecule has 0 radical (unpaired) electrons. The number of hydrogen-bond acceptors (Lipinski definition) is 0. The lowest BCUT2D eigenvalue weighted by molar-refractivity contribution is 1.41. The van der Waals surface area contributed by atoms with Crippen LogP contribution in [0, 0.1) is 0 Å². The Bertz CT molecular complexity index is 73.7. The summed E-state index contributed by atoms with van der Waals surface area (Å²) in [6.45, 7) is 2.25. The molecule has 0 aromatic heterocycles. The van der Waals surface area contributed by atoms with Crippen molar-refractivity contribution in [1.29, 1.82) is 0 Å². The molecule has 2 atom stereocenters. The fourth-order valence-corrected chi connectivity index (χ4v) is 1.14. The van der Waals surface area contributed by atoms with E-state index in [-0.39, 0.29) is 0 Å². The Kier molecular flexibility index (Phi) is 0.573. The van der Waals surface area contributed by atoms with Gasteiger partial charge in [0.1, 0.15) is 0 Å². The van der Waals surface area contributed by atoms with Crippen molar-refractivity contribution in [2.75, 3.05) is 6.26 Å². The van der Waals surface area contributed by atoms with Gasteiger partial charge in [-0.1, -0.05) is 0 Å². The topological polar surface area (TPSA) is 0 Å². The SMILES string of the molecule is CC1C=S1C. The largest absolute Gasteiger partial charge is 0.185 e. The summed E-state index contributed by atoms with van der Waals surface area (Å²) in [4.78, 5) is 0. The van der Waals surface area contributed by atoms with Crippen LogP contribution in [0.25, 0.3) is 0 Å². The van der Waals surface area contributed by atoms with Gasteiger partial charge in [-0.05, 0) is 18.5 Å². The average molecular weight is 88.2 g/mol. The van der Waals surface area contributed by atoms with Crippen molar-refractivity contribution in [2.24, 2.45) is 0 Å². The maximum Gasteiger partial charge on any atom is 0.0197 e. The first-order valence-electron chi connectivity index (χ1n) is 1.79. The summed E-state index contributed by atoms with van der Waals surface area (Å²) in [5, 5.41) is 3.31. The van der Waals surface area contributed by atoms with E-state index in [1.807, 2.05) is 0 Å². The highest BCUT2D eigenvalue weighted by atomic mass is 32.2. The molecule has 1 heteroatoms. The van der Waals surface area contributed by atoms with Crippen LogP contribution in [-0.4, -0.2) is 16.9 Å². The average Bonchev–Trinajstić information content (AvgIpc) is 1.79. The van der Waals surface area contributed by atoms with Crippen molar-refractivity contribution in [3.63, 3.8) is 0 Å². The van der Waals surface area contributed by atoms with Crippen molar-refractivity contribution in [3.8, 4) is 0 Å². The minimum absolute atomic E-state index is 0.719. The molecule has 30 valence electrons. The van der Waals surface area contributed by atoms with Gasteiger partial charge in [0.25, 0.3) is 0 Å². The molecule has 0 saturated heterocycles. The van der Waals surface area contributed by atoms with E-state index in [1.165, 1.54) is 0 Å². The van der Waals surface area contributed by atoms with E-state index >= 15 is 0 Å². The Morgan fingerprint density at radius 1 is 1.80 bits per heavy atom. The molecule has 1 aliphatic heterocycles. The maximum absolute atomic E-state index is 2.36. The highest BCUT2D eigenvalue weighted by Crippen LogP contribution is 2.27. The molecule has 0 bridgehead atoms. The molecule has 0 nitrogen and oxygen atoms in total. The summed E-state index contributed by atoms with van der Waals surface area (Å²) >= 11 is 0. The third-order valence-electron chi connectivity index (χ3n) is 0.916. The van der Waals surface area contributed by atoms with Gasteiger partial charge in [-0.15, -0.1) is 0 Å². The van der Waals surface area contributed by atoms with Crippen LogP contribution in [0.5, 0.6) is 0 Å². The van der Waals surface area contributed by atoms with E-state index in [9.17, 15) is 0 Å². The second-order valence-electron chi connectivity index (χ2n) is 1.45. The second kappa shape index (κ2) is 0.839. The van der Waals surface area contributed by atoms with Gasteiger partial charge in [0.05, 0.1) is 0 Å². The van der Waals surface area contributed by atoms with Gasteiger partial charge in [0.2, 0.25) is 0 Å². The van der Waals surface area contributed by atoms with Crippen LogP contribution in [0.4, 0.5) is 0 Å². The standard InChI is InChI=1S/C4H8S/c1-4-3-5(4)2/h3-4H,1-2H3. The van der Waals surface area contributed by atoms with Crippen molar-refractivity contribution in [1.82, 2.24) is 0 Å². The first kappa shape index (κ1) is 3.41. The van der Waals surface area contributed by atoms with E-state index in [2.05, 4.69) is 18.5 Å². The molecule has 0 aliphatic carbocycles. The third kappa shape index (κ3) is 0.538. The van der Waals surface area contributed by atoms with Crippen molar-refractivity contribution in [2.45, 2.75) is 12.2 Å². The molecule has 1 aliphatic rings. The predicted octanol–water partition coefficient (Wildman–Crippen LogP) is 1.09. The first-order chi connectivity index (χ1) is 2.30. The summed E-state index contributed by atoms with van der Waals surface area (Å²) in [7, 11) is 0.719. The van der Waals surface area contributed by atoms with Gasteiger partial charge < -0.3 is 0 Å². The Morgan fingerprint density at radius 2 is 2.00 bits per heavy atom. The minimum atomic E-state index is 0.719. The van der Waals surface area contributed by atoms with Crippen LogP contribution in [0.3, 0.4) is 0 Å². The van der Waals surface area contributed by atoms with E-state index in [0.717, 1.165) is 15.7 Å². The fraction of sp³-hybridized carbons (Fsp3) is 0.750. The number of rotatable bonds is 0. The Hall–Kier alpha value is 0.220. The van der Waals surface area contributed by atoms with Gasteiger partial charge in [-0.2, -0.15) is 10.5 Å². The van der Waals surface area contributed by atoms with Gasteiger partial charge in [-0.3, -0.25) is 0 Å². The molecule has 0 saturated carbocycles. The third-order valence-corrected chi connectivity index (χ3v) is 2.75. The first-order valence-corrected chi connectivity index (χ1v) is 3.55. The van der Waals surface area contributed by atoms with E-state index < -0.39 is 0 Å². The van der Waals surface area contributed by atoms with Crippen LogP contribution in [-0.2, 0) is 0 Å². The summed E-state index contributed by atoms with van der Waals surface area (Å²) in [6, 6.07) is 0. The van der Waals surface area contributed by atoms with E-state index in [1.54, 1.807) is 0 Å². The smallest absolute Gasteiger partial charge is 0.0197 e. The Balaban J connectivity index is 2.38. The monoisotopic (exact) mass is 88.0 g/mol. The normalized spacial score (nSPS) is 47.6. The minimum Gasteiger partial charge on any atom is -0.185 e. The molecule has 0 fully saturated rings. The molecule has 0 aromatic rings. The van der Waals surface area contributed by atoms with Crippen molar-refractivity contribution >= 4 is 15.9 Å². The fourth-order valence-electron chi connectivity index (χ4n) is 0.270. The molecular weight excluding hydrogens is 80.1 g/mol. The van der Waals surface area contributed by atoms with Gasteiger partial charge in [0, 0.05) is 5.25 Å². The van der Waals surface area contributed by atoms with Crippen LogP contribution in [0.15, 0.2) is 0 Å². The molecule has 5 heavy (non-hydrogen) atoms. The van der Waals surface area contributed by atoms with Crippen LogP contribution in [0.1, 0.15) is 6.92 Å². The second-order valence-corrected chi connectivity index (χ2v) is 3.68. The maximum atomic E-state index is 2.36. The van der Waals surface area contributed by atoms with Gasteiger partial charge in [0.15, 0.2) is 0 Å². The molecule has 2 unspecified atom stereocenters. The lowest BCUT2D eigenvalue weighted by Gasteiger charge is -1.71. The summed E-state index contributed by atoms with van der Waals surface area (Å²) in [6.07, 6.45) is 2.27. The highest BCUT2D eigenvalue weighted by Gasteiger charge is 2.09. The Morgan fingerprint density at radius 3 is 2.00 bits per heavy atom. The lowest BCUT2D eigenvalue weighted by Crippen LogP contribution is -1.67.